The molecule has 0 saturated heterocycles. The maximum Gasteiger partial charge on any atom is 0.255 e. The number of nitrogens with zero attached hydrogens (tertiary/aromatic N) is 1. The first kappa shape index (κ1) is 19.1. The molecule has 2 N–H and O–H groups in total. The molecule has 0 aliphatic heterocycles. The van der Waals surface area contributed by atoms with Crippen LogP contribution < -0.4 is 10.0 Å². The van der Waals surface area contributed by atoms with Crippen molar-refractivity contribution in [1.82, 2.24) is 9.62 Å². The second-order valence-corrected chi connectivity index (χ2v) is 8.36. The van der Waals surface area contributed by atoms with E-state index in [-0.39, 0.29) is 22.8 Å². The fourth-order valence-corrected chi connectivity index (χ4v) is 3.74. The number of carbonyl (C=O) groups excluding carboxylic acids is 2. The monoisotopic (exact) mass is 387 g/mol. The van der Waals surface area contributed by atoms with Crippen molar-refractivity contribution >= 4 is 27.5 Å². The molecule has 2 amide bonds. The highest BCUT2D eigenvalue weighted by Crippen LogP contribution is 2.22. The standard InChI is InChI=1S/C19H21N3O4S/c1-22(2)19(24)14-3-7-15(8-4-14)20-18(23)13-5-11-17(12-6-13)27(25,26)21-16-9-10-16/h3-8,11-12,16,21H,9-10H2,1-2H3,(H,20,23). The van der Waals surface area contributed by atoms with E-state index in [4.69, 9.17) is 0 Å². The number of sulfonamides is 1. The number of rotatable bonds is 6. The third kappa shape index (κ3) is 4.72. The van der Waals surface area contributed by atoms with Crippen molar-refractivity contribution in [3.63, 3.8) is 0 Å². The Labute approximate surface area is 158 Å². The third-order valence-corrected chi connectivity index (χ3v) is 5.66. The van der Waals surface area contributed by atoms with E-state index < -0.39 is 10.0 Å². The van der Waals surface area contributed by atoms with Crippen LogP contribution in [0.25, 0.3) is 0 Å². The van der Waals surface area contributed by atoms with Crippen LogP contribution in [0.4, 0.5) is 5.69 Å². The molecule has 0 bridgehead atoms. The number of hydrogen-bond acceptors (Lipinski definition) is 4. The molecule has 142 valence electrons. The lowest BCUT2D eigenvalue weighted by Gasteiger charge is -2.11. The highest BCUT2D eigenvalue weighted by molar-refractivity contribution is 7.89. The van der Waals surface area contributed by atoms with Gasteiger partial charge in [0.2, 0.25) is 10.0 Å². The maximum absolute atomic E-state index is 12.3. The number of anilines is 1. The van der Waals surface area contributed by atoms with E-state index >= 15 is 0 Å². The molecule has 0 unspecified atom stereocenters. The van der Waals surface area contributed by atoms with Crippen LogP contribution in [-0.2, 0) is 10.0 Å². The molecule has 8 heteroatoms. The molecular weight excluding hydrogens is 366 g/mol. The summed E-state index contributed by atoms with van der Waals surface area (Å²) in [6.45, 7) is 0. The van der Waals surface area contributed by atoms with Crippen molar-refractivity contribution in [3.05, 3.63) is 59.7 Å². The van der Waals surface area contributed by atoms with Crippen LogP contribution in [0.15, 0.2) is 53.4 Å². The van der Waals surface area contributed by atoms with Crippen molar-refractivity contribution in [2.45, 2.75) is 23.8 Å². The molecule has 3 rings (SSSR count). The minimum absolute atomic E-state index is 0.0281. The van der Waals surface area contributed by atoms with Crippen molar-refractivity contribution in [1.29, 1.82) is 0 Å². The Kier molecular flexibility index (Phi) is 5.29. The quantitative estimate of drug-likeness (QED) is 0.793. The average molecular weight is 387 g/mol. The molecule has 1 saturated carbocycles. The fourth-order valence-electron chi connectivity index (χ4n) is 2.43. The van der Waals surface area contributed by atoms with Gasteiger partial charge in [-0.25, -0.2) is 13.1 Å². The Morgan fingerprint density at radius 2 is 1.48 bits per heavy atom. The van der Waals surface area contributed by atoms with Gasteiger partial charge in [0.15, 0.2) is 0 Å². The molecule has 2 aromatic rings. The van der Waals surface area contributed by atoms with Gasteiger partial charge in [-0.2, -0.15) is 0 Å². The molecule has 1 fully saturated rings. The largest absolute Gasteiger partial charge is 0.345 e. The molecule has 0 atom stereocenters. The van der Waals surface area contributed by atoms with Crippen molar-refractivity contribution < 1.29 is 18.0 Å². The van der Waals surface area contributed by atoms with Crippen LogP contribution in [-0.4, -0.2) is 45.3 Å². The lowest BCUT2D eigenvalue weighted by molar-refractivity contribution is 0.0827. The van der Waals surface area contributed by atoms with Gasteiger partial charge in [-0.3, -0.25) is 9.59 Å². The van der Waals surface area contributed by atoms with Gasteiger partial charge in [0.1, 0.15) is 0 Å². The summed E-state index contributed by atoms with van der Waals surface area (Å²) in [6, 6.07) is 12.4. The van der Waals surface area contributed by atoms with E-state index in [0.29, 0.717) is 16.8 Å². The van der Waals surface area contributed by atoms with Gasteiger partial charge < -0.3 is 10.2 Å². The summed E-state index contributed by atoms with van der Waals surface area (Å²) >= 11 is 0. The second-order valence-electron chi connectivity index (χ2n) is 6.65. The smallest absolute Gasteiger partial charge is 0.255 e. The molecular formula is C19H21N3O4S. The molecule has 27 heavy (non-hydrogen) atoms. The second kappa shape index (κ2) is 7.50. The summed E-state index contributed by atoms with van der Waals surface area (Å²) < 4.78 is 26.9. The first-order chi connectivity index (χ1) is 12.8. The van der Waals surface area contributed by atoms with Gasteiger partial charge in [-0.05, 0) is 61.4 Å². The summed E-state index contributed by atoms with van der Waals surface area (Å²) in [4.78, 5) is 25.8. The fraction of sp³-hybridized carbons (Fsp3) is 0.263. The molecule has 0 spiro atoms. The van der Waals surface area contributed by atoms with Gasteiger partial charge in [-0.1, -0.05) is 0 Å². The Morgan fingerprint density at radius 1 is 0.926 bits per heavy atom. The lowest BCUT2D eigenvalue weighted by atomic mass is 10.1. The number of nitrogens with one attached hydrogen (secondary N) is 2. The minimum atomic E-state index is -3.54. The summed E-state index contributed by atoms with van der Waals surface area (Å²) in [6.07, 6.45) is 1.72. The van der Waals surface area contributed by atoms with Crippen molar-refractivity contribution in [2.24, 2.45) is 0 Å². The Balaban J connectivity index is 1.66. The zero-order valence-corrected chi connectivity index (χ0v) is 15.9. The van der Waals surface area contributed by atoms with Gasteiger partial charge in [0, 0.05) is 37.0 Å². The van der Waals surface area contributed by atoms with Crippen LogP contribution in [0.3, 0.4) is 0 Å². The third-order valence-electron chi connectivity index (χ3n) is 4.12. The van der Waals surface area contributed by atoms with E-state index in [0.717, 1.165) is 12.8 Å². The normalized spacial score (nSPS) is 13.9. The zero-order valence-electron chi connectivity index (χ0n) is 15.1. The molecule has 0 heterocycles. The summed E-state index contributed by atoms with van der Waals surface area (Å²) in [7, 11) is -0.199. The van der Waals surface area contributed by atoms with E-state index in [1.807, 2.05) is 0 Å². The van der Waals surface area contributed by atoms with Crippen LogP contribution in [0.2, 0.25) is 0 Å². The highest BCUT2D eigenvalue weighted by Gasteiger charge is 2.27. The predicted octanol–water partition coefficient (Wildman–Crippen LogP) is 2.08. The van der Waals surface area contributed by atoms with Crippen molar-refractivity contribution in [2.75, 3.05) is 19.4 Å². The first-order valence-corrected chi connectivity index (χ1v) is 10.00. The van der Waals surface area contributed by atoms with Gasteiger partial charge in [0.05, 0.1) is 4.90 Å². The number of amides is 2. The molecule has 0 aromatic heterocycles. The molecule has 0 radical (unpaired) electrons. The zero-order chi connectivity index (χ0) is 19.6. The van der Waals surface area contributed by atoms with Gasteiger partial charge in [-0.15, -0.1) is 0 Å². The SMILES string of the molecule is CN(C)C(=O)c1ccc(NC(=O)c2ccc(S(=O)(=O)NC3CC3)cc2)cc1. The molecule has 7 nitrogen and oxygen atoms in total. The summed E-state index contributed by atoms with van der Waals surface area (Å²) in [5, 5.41) is 2.73. The lowest BCUT2D eigenvalue weighted by Crippen LogP contribution is -2.25. The summed E-state index contributed by atoms with van der Waals surface area (Å²) in [5.41, 5.74) is 1.41. The number of hydrogen-bond donors (Lipinski definition) is 2. The highest BCUT2D eigenvalue weighted by atomic mass is 32.2. The Bertz CT molecular complexity index is 947. The van der Waals surface area contributed by atoms with E-state index in [2.05, 4.69) is 10.0 Å². The van der Waals surface area contributed by atoms with E-state index in [1.165, 1.54) is 29.2 Å². The Morgan fingerprint density at radius 3 is 2.00 bits per heavy atom. The van der Waals surface area contributed by atoms with E-state index in [9.17, 15) is 18.0 Å². The number of benzene rings is 2. The van der Waals surface area contributed by atoms with Crippen LogP contribution in [0.1, 0.15) is 33.6 Å². The molecule has 1 aliphatic carbocycles. The van der Waals surface area contributed by atoms with Gasteiger partial charge >= 0.3 is 0 Å². The number of carbonyl (C=O) groups is 2. The average Bonchev–Trinajstić information content (AvgIpc) is 3.45. The van der Waals surface area contributed by atoms with Crippen LogP contribution >= 0.6 is 0 Å². The topological polar surface area (TPSA) is 95.6 Å². The maximum atomic E-state index is 12.3. The first-order valence-electron chi connectivity index (χ1n) is 8.52. The molecule has 2 aromatic carbocycles. The summed E-state index contributed by atoms with van der Waals surface area (Å²) in [5.74, 6) is -0.481. The molecule has 1 aliphatic rings. The van der Waals surface area contributed by atoms with Crippen LogP contribution in [0, 0.1) is 0 Å². The van der Waals surface area contributed by atoms with E-state index in [1.54, 1.807) is 38.4 Å². The minimum Gasteiger partial charge on any atom is -0.345 e. The van der Waals surface area contributed by atoms with Crippen LogP contribution in [0.5, 0.6) is 0 Å². The predicted molar refractivity (Wildman–Crippen MR) is 102 cm³/mol. The van der Waals surface area contributed by atoms with Crippen molar-refractivity contribution in [3.8, 4) is 0 Å². The van der Waals surface area contributed by atoms with Gasteiger partial charge in [0.25, 0.3) is 11.8 Å². The Hall–Kier alpha value is -2.71.